The van der Waals surface area contributed by atoms with Gasteiger partial charge in [-0.25, -0.2) is 0 Å². The highest BCUT2D eigenvalue weighted by molar-refractivity contribution is 5.93. The van der Waals surface area contributed by atoms with Crippen LogP contribution in [0, 0.1) is 6.92 Å². The summed E-state index contributed by atoms with van der Waals surface area (Å²) in [5.41, 5.74) is 8.53. The molecule has 0 heterocycles. The molecule has 4 N–H and O–H groups in total. The molecule has 2 rings (SSSR count). The number of anilines is 2. The Kier molecular flexibility index (Phi) is 3.71. The Hall–Kier alpha value is -2.49. The van der Waals surface area contributed by atoms with Crippen LogP contribution in [0.1, 0.15) is 11.1 Å². The van der Waals surface area contributed by atoms with Crippen LogP contribution in [-0.4, -0.2) is 11.0 Å². The lowest BCUT2D eigenvalue weighted by atomic mass is 10.1. The van der Waals surface area contributed by atoms with Crippen LogP contribution >= 0.6 is 0 Å². The number of phenols is 1. The lowest BCUT2D eigenvalue weighted by Crippen LogP contribution is -2.15. The van der Waals surface area contributed by atoms with Gasteiger partial charge in [-0.05, 0) is 30.7 Å². The second kappa shape index (κ2) is 5.44. The molecule has 0 fully saturated rings. The zero-order valence-corrected chi connectivity index (χ0v) is 10.7. The molecule has 0 radical (unpaired) electrons. The number of para-hydroxylation sites is 1. The Balaban J connectivity index is 2.10. The van der Waals surface area contributed by atoms with Crippen molar-refractivity contribution in [3.63, 3.8) is 0 Å². The molecule has 4 nitrogen and oxygen atoms in total. The molecule has 0 aliphatic carbocycles. The largest absolute Gasteiger partial charge is 0.508 e. The lowest BCUT2D eigenvalue weighted by molar-refractivity contribution is -0.115. The molecule has 0 aromatic heterocycles. The average Bonchev–Trinajstić information content (AvgIpc) is 2.37. The zero-order valence-electron chi connectivity index (χ0n) is 10.7. The minimum absolute atomic E-state index is 0.126. The van der Waals surface area contributed by atoms with Gasteiger partial charge in [-0.15, -0.1) is 0 Å². The molecule has 0 spiro atoms. The van der Waals surface area contributed by atoms with Crippen molar-refractivity contribution in [3.8, 4) is 5.75 Å². The summed E-state index contributed by atoms with van der Waals surface area (Å²) in [5, 5.41) is 12.4. The van der Waals surface area contributed by atoms with Gasteiger partial charge >= 0.3 is 0 Å². The summed E-state index contributed by atoms with van der Waals surface area (Å²) in [6.45, 7) is 1.90. The van der Waals surface area contributed by atoms with Crippen LogP contribution in [0.15, 0.2) is 42.5 Å². The number of amides is 1. The quantitative estimate of drug-likeness (QED) is 0.738. The highest BCUT2D eigenvalue weighted by Gasteiger charge is 2.08. The number of rotatable bonds is 3. The Bertz CT molecular complexity index is 609. The molecule has 0 aliphatic rings. The molecule has 0 bridgehead atoms. The number of nitrogens with one attached hydrogen (secondary N) is 1. The van der Waals surface area contributed by atoms with Gasteiger partial charge in [0.05, 0.1) is 6.42 Å². The second-order valence-electron chi connectivity index (χ2n) is 4.43. The maximum absolute atomic E-state index is 11.9. The first-order chi connectivity index (χ1) is 9.06. The predicted octanol–water partition coefficient (Wildman–Crippen LogP) is 2.46. The van der Waals surface area contributed by atoms with Gasteiger partial charge in [0, 0.05) is 16.9 Å². The molecule has 1 amide bonds. The smallest absolute Gasteiger partial charge is 0.228 e. The van der Waals surface area contributed by atoms with Crippen LogP contribution in [-0.2, 0) is 11.2 Å². The van der Waals surface area contributed by atoms with Crippen LogP contribution < -0.4 is 11.1 Å². The van der Waals surface area contributed by atoms with E-state index < -0.39 is 0 Å². The minimum atomic E-state index is -0.185. The normalized spacial score (nSPS) is 10.2. The molecule has 0 saturated heterocycles. The van der Waals surface area contributed by atoms with E-state index in [4.69, 9.17) is 5.73 Å². The number of benzene rings is 2. The van der Waals surface area contributed by atoms with Gasteiger partial charge in [0.1, 0.15) is 5.75 Å². The third kappa shape index (κ3) is 3.25. The molecular weight excluding hydrogens is 240 g/mol. The Morgan fingerprint density at radius 1 is 1.26 bits per heavy atom. The number of phenolic OH excluding ortho intramolecular Hbond substituents is 1. The SMILES string of the molecule is Cc1ccc(N)cc1NC(=O)Cc1ccccc1O. The number of nitrogen functional groups attached to an aromatic ring is 1. The van der Waals surface area contributed by atoms with E-state index in [-0.39, 0.29) is 18.1 Å². The first-order valence-corrected chi connectivity index (χ1v) is 5.99. The highest BCUT2D eigenvalue weighted by Crippen LogP contribution is 2.20. The van der Waals surface area contributed by atoms with E-state index in [1.165, 1.54) is 0 Å². The van der Waals surface area contributed by atoms with Gasteiger partial charge < -0.3 is 16.2 Å². The molecule has 0 unspecified atom stereocenters. The molecule has 0 saturated carbocycles. The Morgan fingerprint density at radius 3 is 2.74 bits per heavy atom. The Morgan fingerprint density at radius 2 is 2.00 bits per heavy atom. The minimum Gasteiger partial charge on any atom is -0.508 e. The van der Waals surface area contributed by atoms with E-state index in [9.17, 15) is 9.90 Å². The van der Waals surface area contributed by atoms with Gasteiger partial charge in [0.2, 0.25) is 5.91 Å². The van der Waals surface area contributed by atoms with Crippen molar-refractivity contribution in [2.75, 3.05) is 11.1 Å². The van der Waals surface area contributed by atoms with Crippen LogP contribution in [0.4, 0.5) is 11.4 Å². The van der Waals surface area contributed by atoms with Crippen LogP contribution in [0.3, 0.4) is 0 Å². The molecule has 98 valence electrons. The van der Waals surface area contributed by atoms with Crippen LogP contribution in [0.5, 0.6) is 5.75 Å². The average molecular weight is 256 g/mol. The van der Waals surface area contributed by atoms with Gasteiger partial charge in [-0.2, -0.15) is 0 Å². The number of aryl methyl sites for hydroxylation is 1. The summed E-state index contributed by atoms with van der Waals surface area (Å²) >= 11 is 0. The standard InChI is InChI=1S/C15H16N2O2/c1-10-6-7-12(16)9-13(10)17-15(19)8-11-4-2-3-5-14(11)18/h2-7,9,18H,8,16H2,1H3,(H,17,19). The van der Waals surface area contributed by atoms with Crippen molar-refractivity contribution in [1.29, 1.82) is 0 Å². The van der Waals surface area contributed by atoms with Crippen LogP contribution in [0.2, 0.25) is 0 Å². The van der Waals surface area contributed by atoms with E-state index in [1.54, 1.807) is 36.4 Å². The fraction of sp³-hybridized carbons (Fsp3) is 0.133. The first-order valence-electron chi connectivity index (χ1n) is 5.99. The van der Waals surface area contributed by atoms with Crippen molar-refractivity contribution in [2.45, 2.75) is 13.3 Å². The van der Waals surface area contributed by atoms with Gasteiger partial charge in [-0.1, -0.05) is 24.3 Å². The van der Waals surface area contributed by atoms with Crippen molar-refractivity contribution in [1.82, 2.24) is 0 Å². The molecule has 19 heavy (non-hydrogen) atoms. The zero-order chi connectivity index (χ0) is 13.8. The summed E-state index contributed by atoms with van der Waals surface area (Å²) < 4.78 is 0. The summed E-state index contributed by atoms with van der Waals surface area (Å²) in [4.78, 5) is 11.9. The lowest BCUT2D eigenvalue weighted by Gasteiger charge is -2.10. The van der Waals surface area contributed by atoms with E-state index in [1.807, 2.05) is 13.0 Å². The van der Waals surface area contributed by atoms with E-state index in [0.717, 1.165) is 5.56 Å². The van der Waals surface area contributed by atoms with E-state index in [0.29, 0.717) is 16.9 Å². The van der Waals surface area contributed by atoms with Crippen molar-refractivity contribution >= 4 is 17.3 Å². The van der Waals surface area contributed by atoms with E-state index in [2.05, 4.69) is 5.32 Å². The topological polar surface area (TPSA) is 75.3 Å². The third-order valence-corrected chi connectivity index (χ3v) is 2.88. The third-order valence-electron chi connectivity index (χ3n) is 2.88. The number of hydrogen-bond acceptors (Lipinski definition) is 3. The molecule has 0 atom stereocenters. The summed E-state index contributed by atoms with van der Waals surface area (Å²) in [5.74, 6) is -0.0582. The molecule has 2 aromatic carbocycles. The number of aromatic hydroxyl groups is 1. The van der Waals surface area contributed by atoms with Gasteiger partial charge in [0.15, 0.2) is 0 Å². The second-order valence-corrected chi connectivity index (χ2v) is 4.43. The van der Waals surface area contributed by atoms with Crippen LogP contribution in [0.25, 0.3) is 0 Å². The Labute approximate surface area is 111 Å². The molecule has 4 heteroatoms. The van der Waals surface area contributed by atoms with E-state index >= 15 is 0 Å². The molecule has 0 aliphatic heterocycles. The summed E-state index contributed by atoms with van der Waals surface area (Å²) in [7, 11) is 0. The first kappa shape index (κ1) is 13.0. The fourth-order valence-corrected chi connectivity index (χ4v) is 1.80. The number of hydrogen-bond donors (Lipinski definition) is 3. The van der Waals surface area contributed by atoms with Crippen molar-refractivity contribution in [3.05, 3.63) is 53.6 Å². The number of carbonyl (C=O) groups is 1. The van der Waals surface area contributed by atoms with Gasteiger partial charge in [-0.3, -0.25) is 4.79 Å². The number of nitrogens with two attached hydrogens (primary N) is 1. The maximum Gasteiger partial charge on any atom is 0.228 e. The maximum atomic E-state index is 11.9. The fourth-order valence-electron chi connectivity index (χ4n) is 1.80. The van der Waals surface area contributed by atoms with Gasteiger partial charge in [0.25, 0.3) is 0 Å². The summed E-state index contributed by atoms with van der Waals surface area (Å²) in [6, 6.07) is 12.2. The molecular formula is C15H16N2O2. The predicted molar refractivity (Wildman–Crippen MR) is 76.0 cm³/mol. The van der Waals surface area contributed by atoms with Crippen molar-refractivity contribution < 1.29 is 9.90 Å². The molecule has 2 aromatic rings. The summed E-state index contributed by atoms with van der Waals surface area (Å²) in [6.07, 6.45) is 0.126. The highest BCUT2D eigenvalue weighted by atomic mass is 16.3. The monoisotopic (exact) mass is 256 g/mol. The van der Waals surface area contributed by atoms with Crippen molar-refractivity contribution in [2.24, 2.45) is 0 Å². The number of carbonyl (C=O) groups excluding carboxylic acids is 1.